The minimum Gasteiger partial charge on any atom is -0.481 e. The quantitative estimate of drug-likeness (QED) is 0.493. The van der Waals surface area contributed by atoms with E-state index in [0.29, 0.717) is 23.5 Å². The highest BCUT2D eigenvalue weighted by Crippen LogP contribution is 2.31. The first-order chi connectivity index (χ1) is 8.76. The second kappa shape index (κ2) is 3.80. The van der Waals surface area contributed by atoms with Gasteiger partial charge in [-0.1, -0.05) is 12.1 Å². The zero-order chi connectivity index (χ0) is 12.7. The van der Waals surface area contributed by atoms with Gasteiger partial charge in [-0.05, 0) is 12.1 Å². The molecule has 18 heavy (non-hydrogen) atoms. The van der Waals surface area contributed by atoms with Crippen molar-refractivity contribution >= 4 is 28.8 Å². The molecule has 2 aromatic rings. The second-order valence-corrected chi connectivity index (χ2v) is 4.06. The van der Waals surface area contributed by atoms with Crippen LogP contribution in [0.25, 0.3) is 16.6 Å². The minimum atomic E-state index is -0.0221. The predicted molar refractivity (Wildman–Crippen MR) is 67.5 cm³/mol. The normalized spacial score (nSPS) is 13.8. The number of hydrogen-bond donors (Lipinski definition) is 1. The van der Waals surface area contributed by atoms with Crippen molar-refractivity contribution in [3.05, 3.63) is 35.7 Å². The molecule has 90 valence electrons. The van der Waals surface area contributed by atoms with E-state index in [1.54, 1.807) is 0 Å². The van der Waals surface area contributed by atoms with Crippen LogP contribution >= 0.6 is 0 Å². The molecule has 1 aromatic carbocycles. The van der Waals surface area contributed by atoms with Crippen LogP contribution in [0.15, 0.2) is 29.8 Å². The summed E-state index contributed by atoms with van der Waals surface area (Å²) < 4.78 is 6.86. The summed E-state index contributed by atoms with van der Waals surface area (Å²) in [5, 5.41) is 7.78. The third kappa shape index (κ3) is 1.30. The number of benzene rings is 1. The zero-order valence-corrected chi connectivity index (χ0v) is 9.80. The van der Waals surface area contributed by atoms with Gasteiger partial charge in [0.1, 0.15) is 12.1 Å². The molecule has 1 aliphatic rings. The molecule has 0 saturated heterocycles. The molecule has 0 saturated carbocycles. The summed E-state index contributed by atoms with van der Waals surface area (Å²) in [4.78, 5) is 15.6. The number of nitrogens with one attached hydrogen (secondary N) is 1. The Kier molecular flexibility index (Phi) is 2.26. The molecule has 0 aliphatic carbocycles. The van der Waals surface area contributed by atoms with Gasteiger partial charge < -0.3 is 9.30 Å². The first kappa shape index (κ1) is 10.7. The Morgan fingerprint density at radius 2 is 2.28 bits per heavy atom. The van der Waals surface area contributed by atoms with Crippen molar-refractivity contribution in [3.8, 4) is 0 Å². The van der Waals surface area contributed by atoms with Gasteiger partial charge >= 0.3 is 0 Å². The van der Waals surface area contributed by atoms with Crippen LogP contribution in [0.3, 0.4) is 0 Å². The van der Waals surface area contributed by atoms with Gasteiger partial charge in [0.05, 0.1) is 30.3 Å². The van der Waals surface area contributed by atoms with Crippen LogP contribution in [-0.4, -0.2) is 28.8 Å². The van der Waals surface area contributed by atoms with Crippen molar-refractivity contribution in [2.45, 2.75) is 6.54 Å². The number of hydrogen-bond acceptors (Lipinski definition) is 4. The van der Waals surface area contributed by atoms with Crippen molar-refractivity contribution in [2.24, 2.45) is 0 Å². The van der Waals surface area contributed by atoms with Gasteiger partial charge in [0, 0.05) is 5.57 Å². The number of para-hydroxylation sites is 2. The first-order valence-electron chi connectivity index (χ1n) is 5.53. The molecule has 0 atom stereocenters. The van der Waals surface area contributed by atoms with Crippen LogP contribution in [0.4, 0.5) is 0 Å². The van der Waals surface area contributed by atoms with E-state index in [1.165, 1.54) is 7.11 Å². The molecule has 2 heterocycles. The standard InChI is InChI=1S/C13H11N3O2/c1-18-12(14)11-8(7-17)6-16-10-5-3-2-4-9(10)15-13(11)16/h2-5,7,14H,6H2,1H3. The fraction of sp³-hybridized carbons (Fsp3) is 0.154. The number of ether oxygens (including phenoxy) is 1. The number of fused-ring (bicyclic) bond motifs is 3. The molecule has 3 rings (SSSR count). The molecule has 5 heteroatoms. The molecule has 0 amide bonds. The van der Waals surface area contributed by atoms with Crippen molar-refractivity contribution in [1.82, 2.24) is 9.55 Å². The van der Waals surface area contributed by atoms with Gasteiger partial charge in [0.15, 0.2) is 0 Å². The highest BCUT2D eigenvalue weighted by atomic mass is 16.5. The van der Waals surface area contributed by atoms with Gasteiger partial charge in [-0.25, -0.2) is 4.98 Å². The first-order valence-corrected chi connectivity index (χ1v) is 5.53. The Morgan fingerprint density at radius 3 is 3.00 bits per heavy atom. The maximum absolute atomic E-state index is 11.1. The summed E-state index contributed by atoms with van der Waals surface area (Å²) >= 11 is 0. The Morgan fingerprint density at radius 1 is 1.50 bits per heavy atom. The minimum absolute atomic E-state index is 0.0221. The third-order valence-electron chi connectivity index (χ3n) is 3.10. The van der Waals surface area contributed by atoms with Crippen LogP contribution in [0.1, 0.15) is 5.82 Å². The summed E-state index contributed by atoms with van der Waals surface area (Å²) in [7, 11) is 1.42. The lowest BCUT2D eigenvalue weighted by molar-refractivity contribution is -0.105. The zero-order valence-electron chi connectivity index (χ0n) is 9.80. The van der Waals surface area contributed by atoms with Crippen LogP contribution in [0, 0.1) is 5.41 Å². The van der Waals surface area contributed by atoms with Gasteiger partial charge in [0.2, 0.25) is 5.90 Å². The average Bonchev–Trinajstić information content (AvgIpc) is 2.92. The highest BCUT2D eigenvalue weighted by molar-refractivity contribution is 6.22. The summed E-state index contributed by atoms with van der Waals surface area (Å²) in [6.45, 7) is 0.445. The van der Waals surface area contributed by atoms with Gasteiger partial charge in [0.25, 0.3) is 0 Å². The maximum atomic E-state index is 11.1. The molecule has 0 fully saturated rings. The Balaban J connectivity index is 2.27. The van der Waals surface area contributed by atoms with Crippen LogP contribution < -0.4 is 0 Å². The number of aromatic nitrogens is 2. The number of rotatable bonds is 2. The lowest BCUT2D eigenvalue weighted by Crippen LogP contribution is -2.04. The van der Waals surface area contributed by atoms with E-state index in [1.807, 2.05) is 28.8 Å². The monoisotopic (exact) mass is 241 g/mol. The van der Waals surface area contributed by atoms with E-state index < -0.39 is 0 Å². The Bertz CT molecular complexity index is 697. The molecular weight excluding hydrogens is 230 g/mol. The summed E-state index contributed by atoms with van der Waals surface area (Å²) in [5.74, 6) is 0.608. The largest absolute Gasteiger partial charge is 0.481 e. The molecule has 1 aromatic heterocycles. The molecule has 0 bridgehead atoms. The second-order valence-electron chi connectivity index (χ2n) is 4.06. The summed E-state index contributed by atoms with van der Waals surface area (Å²) in [5.41, 5.74) is 2.85. The molecule has 1 N–H and O–H groups in total. The molecule has 0 spiro atoms. The van der Waals surface area contributed by atoms with Gasteiger partial charge in [-0.3, -0.25) is 10.2 Å². The SMILES string of the molecule is COC(=N)C1=C(C=O)Cn2c1nc1ccccc12. The lowest BCUT2D eigenvalue weighted by atomic mass is 10.1. The molecule has 0 unspecified atom stereocenters. The van der Waals surface area contributed by atoms with E-state index in [0.717, 1.165) is 17.3 Å². The van der Waals surface area contributed by atoms with Crippen LogP contribution in [0.5, 0.6) is 0 Å². The van der Waals surface area contributed by atoms with E-state index >= 15 is 0 Å². The predicted octanol–water partition coefficient (Wildman–Crippen LogP) is 1.63. The summed E-state index contributed by atoms with van der Waals surface area (Å²) in [6, 6.07) is 7.71. The number of imidazole rings is 1. The van der Waals surface area contributed by atoms with E-state index in [9.17, 15) is 4.79 Å². The van der Waals surface area contributed by atoms with Crippen molar-refractivity contribution in [3.63, 3.8) is 0 Å². The molecular formula is C13H11N3O2. The number of carbonyl (C=O) groups excluding carboxylic acids is 1. The Hall–Kier alpha value is -2.43. The van der Waals surface area contributed by atoms with Crippen LogP contribution in [-0.2, 0) is 16.1 Å². The Labute approximate surface area is 103 Å². The van der Waals surface area contributed by atoms with Gasteiger partial charge in [-0.15, -0.1) is 0 Å². The fourth-order valence-electron chi connectivity index (χ4n) is 2.27. The fourth-order valence-corrected chi connectivity index (χ4v) is 2.27. The van der Waals surface area contributed by atoms with E-state index in [-0.39, 0.29) is 5.90 Å². The number of carbonyl (C=O) groups is 1. The van der Waals surface area contributed by atoms with E-state index in [4.69, 9.17) is 10.1 Å². The maximum Gasteiger partial charge on any atom is 0.217 e. The molecule has 0 radical (unpaired) electrons. The van der Waals surface area contributed by atoms with Crippen molar-refractivity contribution in [2.75, 3.05) is 7.11 Å². The number of allylic oxidation sites excluding steroid dienone is 1. The highest BCUT2D eigenvalue weighted by Gasteiger charge is 2.28. The van der Waals surface area contributed by atoms with Crippen LogP contribution in [0.2, 0.25) is 0 Å². The van der Waals surface area contributed by atoms with Gasteiger partial charge in [-0.2, -0.15) is 0 Å². The number of methoxy groups -OCH3 is 1. The average molecular weight is 241 g/mol. The van der Waals surface area contributed by atoms with E-state index in [2.05, 4.69) is 4.98 Å². The topological polar surface area (TPSA) is 68.0 Å². The number of aldehydes is 1. The smallest absolute Gasteiger partial charge is 0.217 e. The summed E-state index contributed by atoms with van der Waals surface area (Å²) in [6.07, 6.45) is 0.770. The van der Waals surface area contributed by atoms with Crippen molar-refractivity contribution < 1.29 is 9.53 Å². The number of nitrogens with zero attached hydrogens (tertiary/aromatic N) is 2. The van der Waals surface area contributed by atoms with Crippen molar-refractivity contribution in [1.29, 1.82) is 5.41 Å². The lowest BCUT2D eigenvalue weighted by Gasteiger charge is -2.02. The molecule has 5 nitrogen and oxygen atoms in total. The molecule has 1 aliphatic heterocycles. The third-order valence-corrected chi connectivity index (χ3v) is 3.10.